The van der Waals surface area contributed by atoms with Gasteiger partial charge in [-0.25, -0.2) is 9.37 Å². The predicted octanol–water partition coefficient (Wildman–Crippen LogP) is 4.53. The van der Waals surface area contributed by atoms with Crippen LogP contribution in [0.4, 0.5) is 4.39 Å². The topological polar surface area (TPSA) is 77.7 Å². The minimum atomic E-state index is -0.529. The minimum Gasteiger partial charge on any atom is -0.488 e. The van der Waals surface area contributed by atoms with Crippen molar-refractivity contribution in [1.82, 2.24) is 9.88 Å². The highest BCUT2D eigenvalue weighted by Crippen LogP contribution is 2.32. The summed E-state index contributed by atoms with van der Waals surface area (Å²) in [4.78, 5) is 17.7. The van der Waals surface area contributed by atoms with E-state index in [-0.39, 0.29) is 11.9 Å². The molecule has 0 saturated carbocycles. The van der Waals surface area contributed by atoms with Crippen LogP contribution in [0.5, 0.6) is 17.4 Å². The lowest BCUT2D eigenvalue weighted by molar-refractivity contribution is 0.0147. The number of hydrogen-bond acceptors (Lipinski definition) is 5. The maximum absolute atomic E-state index is 13.3. The van der Waals surface area contributed by atoms with E-state index >= 15 is 0 Å². The number of likely N-dealkylation sites (tertiary alicyclic amines) is 1. The van der Waals surface area contributed by atoms with Crippen LogP contribution in [0.1, 0.15) is 15.9 Å². The van der Waals surface area contributed by atoms with E-state index in [1.807, 2.05) is 24.3 Å². The van der Waals surface area contributed by atoms with Crippen LogP contribution in [0.2, 0.25) is 0 Å². The van der Waals surface area contributed by atoms with Gasteiger partial charge in [0, 0.05) is 43.4 Å². The fourth-order valence-electron chi connectivity index (χ4n) is 3.97. The molecule has 0 aliphatic carbocycles. The fourth-order valence-corrected chi connectivity index (χ4v) is 3.97. The molecule has 2 N–H and O–H groups in total. The molecule has 3 aromatic carbocycles. The summed E-state index contributed by atoms with van der Waals surface area (Å²) < 4.78 is 25.2. The zero-order chi connectivity index (χ0) is 22.8. The highest BCUT2D eigenvalue weighted by Gasteiger charge is 2.28. The number of aromatic nitrogens is 1. The van der Waals surface area contributed by atoms with Crippen molar-refractivity contribution in [3.05, 3.63) is 95.9 Å². The average Bonchev–Trinajstić information content (AvgIpc) is 2.78. The Bertz CT molecular complexity index is 1300. The lowest BCUT2D eigenvalue weighted by atomic mass is 10.0. The van der Waals surface area contributed by atoms with Gasteiger partial charge in [-0.1, -0.05) is 36.4 Å². The zero-order valence-electron chi connectivity index (χ0n) is 17.8. The smallest absolute Gasteiger partial charge is 0.250 e. The summed E-state index contributed by atoms with van der Waals surface area (Å²) in [5, 5.41) is 2.07. The number of nitrogens with two attached hydrogens (primary N) is 1. The van der Waals surface area contributed by atoms with Gasteiger partial charge in [-0.05, 0) is 35.2 Å². The molecule has 2 heterocycles. The van der Waals surface area contributed by atoms with E-state index in [1.165, 1.54) is 23.9 Å². The third-order valence-electron chi connectivity index (χ3n) is 5.62. The molecule has 7 heteroatoms. The van der Waals surface area contributed by atoms with Crippen LogP contribution in [-0.2, 0) is 6.54 Å². The number of hydrogen-bond donors (Lipinski definition) is 1. The quantitative estimate of drug-likeness (QED) is 0.454. The molecule has 1 saturated heterocycles. The SMILES string of the molecule is NC(=O)c1ccc(Oc2cccc3c(CN4CC(Oc5cccc(F)c5)C4)cccc23)nc1. The van der Waals surface area contributed by atoms with Crippen molar-refractivity contribution >= 4 is 16.7 Å². The van der Waals surface area contributed by atoms with Gasteiger partial charge in [-0.15, -0.1) is 0 Å². The van der Waals surface area contributed by atoms with Gasteiger partial charge in [-0.3, -0.25) is 9.69 Å². The molecular formula is C26H22FN3O3. The number of pyridine rings is 1. The highest BCUT2D eigenvalue weighted by atomic mass is 19.1. The molecule has 6 nitrogen and oxygen atoms in total. The van der Waals surface area contributed by atoms with E-state index in [0.717, 1.165) is 30.4 Å². The Morgan fingerprint density at radius 2 is 1.82 bits per heavy atom. The largest absolute Gasteiger partial charge is 0.488 e. The van der Waals surface area contributed by atoms with Gasteiger partial charge in [-0.2, -0.15) is 0 Å². The molecule has 4 aromatic rings. The molecule has 0 bridgehead atoms. The summed E-state index contributed by atoms with van der Waals surface area (Å²) >= 11 is 0. The van der Waals surface area contributed by atoms with Crippen LogP contribution in [0.25, 0.3) is 10.8 Å². The van der Waals surface area contributed by atoms with Crippen LogP contribution in [0.15, 0.2) is 79.0 Å². The Morgan fingerprint density at radius 1 is 1.03 bits per heavy atom. The van der Waals surface area contributed by atoms with Gasteiger partial charge in [0.2, 0.25) is 11.8 Å². The molecule has 33 heavy (non-hydrogen) atoms. The van der Waals surface area contributed by atoms with E-state index in [2.05, 4.69) is 22.0 Å². The Morgan fingerprint density at radius 3 is 2.58 bits per heavy atom. The normalized spacial score (nSPS) is 14.1. The van der Waals surface area contributed by atoms with Crippen LogP contribution >= 0.6 is 0 Å². The Balaban J connectivity index is 1.28. The maximum atomic E-state index is 13.3. The van der Waals surface area contributed by atoms with Crippen molar-refractivity contribution < 1.29 is 18.7 Å². The van der Waals surface area contributed by atoms with E-state index < -0.39 is 5.91 Å². The Kier molecular flexibility index (Phi) is 5.62. The van der Waals surface area contributed by atoms with E-state index in [9.17, 15) is 9.18 Å². The van der Waals surface area contributed by atoms with Gasteiger partial charge in [0.15, 0.2) is 0 Å². The molecule has 0 radical (unpaired) electrons. The second-order valence-corrected chi connectivity index (χ2v) is 8.01. The van der Waals surface area contributed by atoms with Crippen LogP contribution < -0.4 is 15.2 Å². The van der Waals surface area contributed by atoms with Gasteiger partial charge in [0.1, 0.15) is 23.4 Å². The molecular weight excluding hydrogens is 421 g/mol. The van der Waals surface area contributed by atoms with Gasteiger partial charge in [0.25, 0.3) is 0 Å². The molecule has 1 fully saturated rings. The number of carbonyl (C=O) groups excluding carboxylic acids is 1. The van der Waals surface area contributed by atoms with Gasteiger partial charge < -0.3 is 15.2 Å². The van der Waals surface area contributed by atoms with E-state index in [0.29, 0.717) is 22.9 Å². The maximum Gasteiger partial charge on any atom is 0.250 e. The summed E-state index contributed by atoms with van der Waals surface area (Å²) in [5.74, 6) is 0.807. The number of amides is 1. The number of carbonyl (C=O) groups is 1. The first-order valence-electron chi connectivity index (χ1n) is 10.6. The number of halogens is 1. The lowest BCUT2D eigenvalue weighted by Crippen LogP contribution is -2.53. The number of rotatable bonds is 7. The minimum absolute atomic E-state index is 0.0510. The van der Waals surface area contributed by atoms with Gasteiger partial charge >= 0.3 is 0 Å². The molecule has 0 unspecified atom stereocenters. The van der Waals surface area contributed by atoms with E-state index in [1.54, 1.807) is 24.3 Å². The summed E-state index contributed by atoms with van der Waals surface area (Å²) in [6.07, 6.45) is 1.45. The Labute approximate surface area is 190 Å². The second-order valence-electron chi connectivity index (χ2n) is 8.01. The van der Waals surface area contributed by atoms with E-state index in [4.69, 9.17) is 15.2 Å². The lowest BCUT2D eigenvalue weighted by Gasteiger charge is -2.39. The zero-order valence-corrected chi connectivity index (χ0v) is 17.8. The summed E-state index contributed by atoms with van der Waals surface area (Å²) in [6, 6.07) is 21.5. The molecule has 1 aromatic heterocycles. The number of benzene rings is 3. The number of primary amides is 1. The van der Waals surface area contributed by atoms with Crippen LogP contribution in [0.3, 0.4) is 0 Å². The third-order valence-corrected chi connectivity index (χ3v) is 5.62. The molecule has 0 atom stereocenters. The molecule has 1 aliphatic heterocycles. The number of nitrogens with zero attached hydrogens (tertiary/aromatic N) is 2. The first kappa shape index (κ1) is 20.9. The van der Waals surface area contributed by atoms with Crippen molar-refractivity contribution in [3.8, 4) is 17.4 Å². The summed E-state index contributed by atoms with van der Waals surface area (Å²) in [7, 11) is 0. The van der Waals surface area contributed by atoms with Crippen LogP contribution in [0, 0.1) is 5.82 Å². The third kappa shape index (κ3) is 4.63. The van der Waals surface area contributed by atoms with Crippen molar-refractivity contribution in [1.29, 1.82) is 0 Å². The van der Waals surface area contributed by atoms with Crippen molar-refractivity contribution in [2.45, 2.75) is 12.6 Å². The number of ether oxygens (including phenoxy) is 2. The predicted molar refractivity (Wildman–Crippen MR) is 123 cm³/mol. The molecule has 0 spiro atoms. The highest BCUT2D eigenvalue weighted by molar-refractivity contribution is 5.92. The Hall–Kier alpha value is -3.97. The molecule has 5 rings (SSSR count). The van der Waals surface area contributed by atoms with Crippen molar-refractivity contribution in [2.24, 2.45) is 5.73 Å². The monoisotopic (exact) mass is 443 g/mol. The number of fused-ring (bicyclic) bond motifs is 1. The van der Waals surface area contributed by atoms with Crippen LogP contribution in [-0.4, -0.2) is 35.0 Å². The average molecular weight is 443 g/mol. The molecule has 166 valence electrons. The first-order chi connectivity index (χ1) is 16.0. The fraction of sp³-hybridized carbons (Fsp3) is 0.154. The second kappa shape index (κ2) is 8.88. The van der Waals surface area contributed by atoms with Crippen molar-refractivity contribution in [3.63, 3.8) is 0 Å². The molecule has 1 aliphatic rings. The first-order valence-corrected chi connectivity index (χ1v) is 10.6. The standard InChI is InChI=1S/C26H22FN3O3/c27-19-5-2-6-20(12-19)32-21-15-30(16-21)14-18-4-1-8-23-22(18)7-3-9-24(23)33-25-11-10-17(13-29-25)26(28)31/h1-13,21H,14-16H2,(H2,28,31). The van der Waals surface area contributed by atoms with Gasteiger partial charge in [0.05, 0.1) is 5.56 Å². The molecule has 1 amide bonds. The summed E-state index contributed by atoms with van der Waals surface area (Å²) in [5.41, 5.74) is 6.78. The van der Waals surface area contributed by atoms with Crippen molar-refractivity contribution in [2.75, 3.05) is 13.1 Å². The summed E-state index contributed by atoms with van der Waals surface area (Å²) in [6.45, 7) is 2.33.